The molecule has 2 nitrogen and oxygen atoms in total. The number of amides is 1. The van der Waals surface area contributed by atoms with Crippen LogP contribution in [0.1, 0.15) is 29.8 Å². The quantitative estimate of drug-likeness (QED) is 0.770. The fourth-order valence-corrected chi connectivity index (χ4v) is 1.90. The van der Waals surface area contributed by atoms with Gasteiger partial charge in [-0.25, -0.2) is 0 Å². The van der Waals surface area contributed by atoms with Crippen LogP contribution in [0.2, 0.25) is 10.0 Å². The highest BCUT2D eigenvalue weighted by atomic mass is 35.5. The summed E-state index contributed by atoms with van der Waals surface area (Å²) in [6, 6.07) is 12.5. The van der Waals surface area contributed by atoms with Gasteiger partial charge in [0.25, 0.3) is 5.91 Å². The number of rotatable bonds is 2. The van der Waals surface area contributed by atoms with Crippen LogP contribution in [0.15, 0.2) is 42.5 Å². The van der Waals surface area contributed by atoms with Crippen molar-refractivity contribution in [1.82, 2.24) is 0 Å². The number of hydrogen-bond acceptors (Lipinski definition) is 1. The van der Waals surface area contributed by atoms with Crippen molar-refractivity contribution >= 4 is 34.8 Å². The largest absolute Gasteiger partial charge is 0.322 e. The fraction of sp³-hybridized carbons (Fsp3) is 0.188. The fourth-order valence-electron chi connectivity index (χ4n) is 1.51. The van der Waals surface area contributed by atoms with Gasteiger partial charge in [0.15, 0.2) is 0 Å². The smallest absolute Gasteiger partial charge is 0.257 e. The predicted molar refractivity (Wildman–Crippen MR) is 86.9 cm³/mol. The van der Waals surface area contributed by atoms with E-state index in [1.165, 1.54) is 0 Å². The molecular weight excluding hydrogens is 293 g/mol. The number of carbonyl (C=O) groups is 1. The van der Waals surface area contributed by atoms with Gasteiger partial charge in [-0.1, -0.05) is 60.8 Å². The van der Waals surface area contributed by atoms with Crippen molar-refractivity contribution in [2.75, 3.05) is 5.32 Å². The average molecular weight is 310 g/mol. The van der Waals surface area contributed by atoms with Crippen molar-refractivity contribution in [3.05, 3.63) is 63.6 Å². The number of anilines is 1. The molecule has 0 heterocycles. The summed E-state index contributed by atoms with van der Waals surface area (Å²) in [6.07, 6.45) is 0. The lowest BCUT2D eigenvalue weighted by Gasteiger charge is -2.07. The van der Waals surface area contributed by atoms with E-state index in [4.69, 9.17) is 23.2 Å². The van der Waals surface area contributed by atoms with Gasteiger partial charge in [0.2, 0.25) is 0 Å². The first kappa shape index (κ1) is 16.5. The molecule has 0 radical (unpaired) electrons. The van der Waals surface area contributed by atoms with Gasteiger partial charge < -0.3 is 5.32 Å². The second kappa shape index (κ2) is 7.93. The molecular formula is C16H17Cl2NO. The number of halogens is 2. The summed E-state index contributed by atoms with van der Waals surface area (Å²) in [4.78, 5) is 12.0. The Morgan fingerprint density at radius 1 is 1.00 bits per heavy atom. The second-order valence-electron chi connectivity index (χ2n) is 3.92. The van der Waals surface area contributed by atoms with Crippen LogP contribution < -0.4 is 5.32 Å². The summed E-state index contributed by atoms with van der Waals surface area (Å²) in [5.74, 6) is -0.272. The molecule has 0 unspecified atom stereocenters. The van der Waals surface area contributed by atoms with E-state index in [1.807, 2.05) is 45.0 Å². The van der Waals surface area contributed by atoms with Crippen LogP contribution in [0, 0.1) is 6.92 Å². The third kappa shape index (κ3) is 4.26. The molecule has 106 valence electrons. The summed E-state index contributed by atoms with van der Waals surface area (Å²) < 4.78 is 0. The van der Waals surface area contributed by atoms with Crippen LogP contribution in [-0.4, -0.2) is 5.91 Å². The first-order chi connectivity index (χ1) is 9.58. The van der Waals surface area contributed by atoms with E-state index in [0.29, 0.717) is 10.6 Å². The first-order valence-corrected chi connectivity index (χ1v) is 7.15. The Morgan fingerprint density at radius 2 is 1.60 bits per heavy atom. The molecule has 0 aromatic heterocycles. The van der Waals surface area contributed by atoms with Crippen LogP contribution in [0.3, 0.4) is 0 Å². The standard InChI is InChI=1S/C14H11Cl2NO.C2H6/c1-9-5-7-10(8-6-9)17-14(18)11-3-2-4-12(15)13(11)16;1-2/h2-8H,1H3,(H,17,18);1-2H3. The van der Waals surface area contributed by atoms with E-state index in [-0.39, 0.29) is 10.9 Å². The Kier molecular flexibility index (Phi) is 6.56. The van der Waals surface area contributed by atoms with Gasteiger partial charge in [-0.15, -0.1) is 0 Å². The molecule has 20 heavy (non-hydrogen) atoms. The van der Waals surface area contributed by atoms with Crippen LogP contribution in [0.5, 0.6) is 0 Å². The summed E-state index contributed by atoms with van der Waals surface area (Å²) in [5.41, 5.74) is 2.22. The van der Waals surface area contributed by atoms with Crippen molar-refractivity contribution < 1.29 is 4.79 Å². The maximum atomic E-state index is 12.0. The van der Waals surface area contributed by atoms with Crippen molar-refractivity contribution in [2.45, 2.75) is 20.8 Å². The van der Waals surface area contributed by atoms with Crippen LogP contribution in [0.25, 0.3) is 0 Å². The predicted octanol–water partition coefficient (Wildman–Crippen LogP) is 5.58. The SMILES string of the molecule is CC.Cc1ccc(NC(=O)c2cccc(Cl)c2Cl)cc1. The van der Waals surface area contributed by atoms with Crippen LogP contribution >= 0.6 is 23.2 Å². The molecule has 0 saturated heterocycles. The lowest BCUT2D eigenvalue weighted by atomic mass is 10.2. The summed E-state index contributed by atoms with van der Waals surface area (Å²) in [6.45, 7) is 5.99. The molecule has 1 amide bonds. The molecule has 1 N–H and O–H groups in total. The van der Waals surface area contributed by atoms with Crippen LogP contribution in [0.4, 0.5) is 5.69 Å². The number of benzene rings is 2. The third-order valence-electron chi connectivity index (χ3n) is 2.51. The van der Waals surface area contributed by atoms with Crippen molar-refractivity contribution in [3.63, 3.8) is 0 Å². The van der Waals surface area contributed by atoms with E-state index in [2.05, 4.69) is 5.32 Å². The van der Waals surface area contributed by atoms with Gasteiger partial charge in [-0.05, 0) is 31.2 Å². The van der Waals surface area contributed by atoms with Crippen molar-refractivity contribution in [2.24, 2.45) is 0 Å². The maximum Gasteiger partial charge on any atom is 0.257 e. The van der Waals surface area contributed by atoms with Gasteiger partial charge >= 0.3 is 0 Å². The number of nitrogens with one attached hydrogen (secondary N) is 1. The van der Waals surface area contributed by atoms with E-state index < -0.39 is 0 Å². The van der Waals surface area contributed by atoms with Gasteiger partial charge in [0.05, 0.1) is 15.6 Å². The highest BCUT2D eigenvalue weighted by Gasteiger charge is 2.12. The Balaban J connectivity index is 0.000000956. The Labute approximate surface area is 129 Å². The normalized spacial score (nSPS) is 9.45. The second-order valence-corrected chi connectivity index (χ2v) is 4.71. The topological polar surface area (TPSA) is 29.1 Å². The Bertz CT molecular complexity index is 580. The monoisotopic (exact) mass is 309 g/mol. The molecule has 2 rings (SSSR count). The molecule has 0 saturated carbocycles. The van der Waals surface area contributed by atoms with E-state index >= 15 is 0 Å². The summed E-state index contributed by atoms with van der Waals surface area (Å²) in [5, 5.41) is 3.41. The number of hydrogen-bond donors (Lipinski definition) is 1. The number of carbonyl (C=O) groups excluding carboxylic acids is 1. The maximum absolute atomic E-state index is 12.0. The first-order valence-electron chi connectivity index (χ1n) is 6.40. The highest BCUT2D eigenvalue weighted by molar-refractivity contribution is 6.44. The minimum absolute atomic E-state index is 0.267. The molecule has 0 bridgehead atoms. The van der Waals surface area contributed by atoms with Gasteiger partial charge in [-0.2, -0.15) is 0 Å². The molecule has 0 aliphatic heterocycles. The minimum Gasteiger partial charge on any atom is -0.322 e. The van der Waals surface area contributed by atoms with E-state index in [1.54, 1.807) is 18.2 Å². The number of aryl methyl sites for hydroxylation is 1. The molecule has 2 aromatic rings. The average Bonchev–Trinajstić information content (AvgIpc) is 2.46. The zero-order valence-corrected chi connectivity index (χ0v) is 13.2. The molecule has 0 aliphatic rings. The van der Waals surface area contributed by atoms with Gasteiger partial charge in [0.1, 0.15) is 0 Å². The molecule has 4 heteroatoms. The Hall–Kier alpha value is -1.51. The van der Waals surface area contributed by atoms with Gasteiger partial charge in [0, 0.05) is 5.69 Å². The van der Waals surface area contributed by atoms with E-state index in [9.17, 15) is 4.79 Å². The van der Waals surface area contributed by atoms with Crippen LogP contribution in [-0.2, 0) is 0 Å². The minimum atomic E-state index is -0.272. The zero-order valence-electron chi connectivity index (χ0n) is 11.7. The van der Waals surface area contributed by atoms with E-state index in [0.717, 1.165) is 11.3 Å². The van der Waals surface area contributed by atoms with Gasteiger partial charge in [-0.3, -0.25) is 4.79 Å². The lowest BCUT2D eigenvalue weighted by Crippen LogP contribution is -2.12. The molecule has 0 fully saturated rings. The summed E-state index contributed by atoms with van der Waals surface area (Å²) >= 11 is 11.9. The lowest BCUT2D eigenvalue weighted by molar-refractivity contribution is 0.102. The third-order valence-corrected chi connectivity index (χ3v) is 3.32. The Morgan fingerprint density at radius 3 is 2.20 bits per heavy atom. The zero-order chi connectivity index (χ0) is 15.1. The molecule has 0 spiro atoms. The molecule has 0 atom stereocenters. The molecule has 2 aromatic carbocycles. The molecule has 0 aliphatic carbocycles. The summed E-state index contributed by atoms with van der Waals surface area (Å²) in [7, 11) is 0. The van der Waals surface area contributed by atoms with Crippen molar-refractivity contribution in [1.29, 1.82) is 0 Å². The van der Waals surface area contributed by atoms with Crippen molar-refractivity contribution in [3.8, 4) is 0 Å². The highest BCUT2D eigenvalue weighted by Crippen LogP contribution is 2.26.